The predicted octanol–water partition coefficient (Wildman–Crippen LogP) is 4.50. The van der Waals surface area contributed by atoms with E-state index in [1.54, 1.807) is 24.8 Å². The van der Waals surface area contributed by atoms with Crippen LogP contribution in [-0.4, -0.2) is 30.4 Å². The molecule has 7 nitrogen and oxygen atoms in total. The Morgan fingerprint density at radius 3 is 2.53 bits per heavy atom. The van der Waals surface area contributed by atoms with E-state index in [1.165, 1.54) is 11.3 Å². The van der Waals surface area contributed by atoms with E-state index in [9.17, 15) is 4.79 Å². The zero-order valence-corrected chi connectivity index (χ0v) is 16.8. The Balaban J connectivity index is 1.36. The minimum atomic E-state index is -0.201. The number of benzene rings is 2. The number of carbonyl (C=O) groups excluding carboxylic acids is 1. The van der Waals surface area contributed by atoms with Gasteiger partial charge in [0.15, 0.2) is 10.8 Å². The molecule has 0 spiro atoms. The highest BCUT2D eigenvalue weighted by molar-refractivity contribution is 7.17. The van der Waals surface area contributed by atoms with E-state index in [1.807, 2.05) is 60.0 Å². The number of para-hydroxylation sites is 2. The molecular weight excluding hydrogens is 396 g/mol. The monoisotopic (exact) mass is 412 g/mol. The maximum Gasteiger partial charge on any atom is 0.267 e. The summed E-state index contributed by atoms with van der Waals surface area (Å²) in [5, 5.41) is 3.56. The lowest BCUT2D eigenvalue weighted by Crippen LogP contribution is -2.11. The van der Waals surface area contributed by atoms with Gasteiger partial charge in [0.25, 0.3) is 5.91 Å². The van der Waals surface area contributed by atoms with Crippen LogP contribution in [-0.2, 0) is 0 Å². The van der Waals surface area contributed by atoms with E-state index in [2.05, 4.69) is 25.3 Å². The molecule has 0 aliphatic rings. The molecule has 2 aromatic carbocycles. The largest absolute Gasteiger partial charge is 0.321 e. The first kappa shape index (κ1) is 18.1. The number of aryl methyl sites for hydroxylation is 1. The van der Waals surface area contributed by atoms with Gasteiger partial charge in [-0.3, -0.25) is 9.36 Å². The van der Waals surface area contributed by atoms with Crippen LogP contribution in [0.25, 0.3) is 27.6 Å². The standard InChI is InChI=1S/C22H16N6OS/c1-14-19(30-22(26-14)20-23-11-4-12-24-20)21(29)27-15-7-9-16(10-8-15)28-13-25-17-5-2-3-6-18(17)28/h2-13H,1H3,(H,27,29). The summed E-state index contributed by atoms with van der Waals surface area (Å²) in [6, 6.07) is 17.4. The van der Waals surface area contributed by atoms with Crippen molar-refractivity contribution in [1.29, 1.82) is 0 Å². The molecular formula is C22H16N6OS. The van der Waals surface area contributed by atoms with Crippen LogP contribution in [0.5, 0.6) is 0 Å². The molecule has 0 bridgehead atoms. The number of nitrogens with zero attached hydrogens (tertiary/aromatic N) is 5. The van der Waals surface area contributed by atoms with Crippen LogP contribution in [0, 0.1) is 6.92 Å². The average molecular weight is 412 g/mol. The van der Waals surface area contributed by atoms with Crippen LogP contribution in [0.1, 0.15) is 15.4 Å². The van der Waals surface area contributed by atoms with Gasteiger partial charge in [0.05, 0.1) is 16.7 Å². The van der Waals surface area contributed by atoms with Crippen LogP contribution in [0.2, 0.25) is 0 Å². The topological polar surface area (TPSA) is 85.6 Å². The second-order valence-electron chi connectivity index (χ2n) is 6.61. The fourth-order valence-electron chi connectivity index (χ4n) is 3.17. The predicted molar refractivity (Wildman–Crippen MR) is 117 cm³/mol. The van der Waals surface area contributed by atoms with E-state index in [0.29, 0.717) is 27.1 Å². The molecule has 0 fully saturated rings. The molecule has 0 saturated carbocycles. The number of hydrogen-bond donors (Lipinski definition) is 1. The molecule has 1 N–H and O–H groups in total. The van der Waals surface area contributed by atoms with Gasteiger partial charge < -0.3 is 5.32 Å². The number of aromatic nitrogens is 5. The maximum atomic E-state index is 12.8. The van der Waals surface area contributed by atoms with Crippen LogP contribution in [0.3, 0.4) is 0 Å². The lowest BCUT2D eigenvalue weighted by atomic mass is 10.2. The lowest BCUT2D eigenvalue weighted by molar-refractivity contribution is 0.103. The molecule has 5 aromatic rings. The summed E-state index contributed by atoms with van der Waals surface area (Å²) >= 11 is 1.28. The highest BCUT2D eigenvalue weighted by Gasteiger charge is 2.17. The molecule has 0 radical (unpaired) electrons. The maximum absolute atomic E-state index is 12.8. The molecule has 0 aliphatic carbocycles. The second-order valence-corrected chi connectivity index (χ2v) is 7.61. The smallest absolute Gasteiger partial charge is 0.267 e. The molecule has 0 aliphatic heterocycles. The normalized spacial score (nSPS) is 11.0. The Hall–Kier alpha value is -3.91. The third-order valence-electron chi connectivity index (χ3n) is 4.62. The second kappa shape index (κ2) is 7.49. The van der Waals surface area contributed by atoms with Gasteiger partial charge in [-0.15, -0.1) is 11.3 Å². The molecule has 5 rings (SSSR count). The van der Waals surface area contributed by atoms with E-state index in [4.69, 9.17) is 0 Å². The minimum absolute atomic E-state index is 0.201. The van der Waals surface area contributed by atoms with Crippen molar-refractivity contribution < 1.29 is 4.79 Å². The summed E-state index contributed by atoms with van der Waals surface area (Å²) in [5.74, 6) is 0.314. The number of thiazole rings is 1. The van der Waals surface area contributed by atoms with Crippen molar-refractivity contribution in [3.8, 4) is 16.5 Å². The number of anilines is 1. The van der Waals surface area contributed by atoms with Crippen LogP contribution < -0.4 is 5.32 Å². The number of rotatable bonds is 4. The average Bonchev–Trinajstić information content (AvgIpc) is 3.39. The van der Waals surface area contributed by atoms with Crippen LogP contribution in [0.15, 0.2) is 73.3 Å². The lowest BCUT2D eigenvalue weighted by Gasteiger charge is -2.07. The zero-order chi connectivity index (χ0) is 20.5. The molecule has 0 saturated heterocycles. The van der Waals surface area contributed by atoms with Gasteiger partial charge in [0.1, 0.15) is 11.2 Å². The van der Waals surface area contributed by atoms with Gasteiger partial charge in [-0.1, -0.05) is 12.1 Å². The van der Waals surface area contributed by atoms with Crippen molar-refractivity contribution in [2.24, 2.45) is 0 Å². The summed E-state index contributed by atoms with van der Waals surface area (Å²) < 4.78 is 2.01. The first-order valence-electron chi connectivity index (χ1n) is 9.28. The van der Waals surface area contributed by atoms with Crippen molar-refractivity contribution in [3.05, 3.63) is 83.9 Å². The number of fused-ring (bicyclic) bond motifs is 1. The molecule has 30 heavy (non-hydrogen) atoms. The van der Waals surface area contributed by atoms with E-state index in [0.717, 1.165) is 16.7 Å². The van der Waals surface area contributed by atoms with Gasteiger partial charge in [-0.25, -0.2) is 19.9 Å². The van der Waals surface area contributed by atoms with Crippen molar-refractivity contribution in [3.63, 3.8) is 0 Å². The Morgan fingerprint density at radius 1 is 0.967 bits per heavy atom. The Bertz CT molecular complexity index is 1340. The summed E-state index contributed by atoms with van der Waals surface area (Å²) in [4.78, 5) is 30.6. The van der Waals surface area contributed by atoms with Gasteiger partial charge in [0.2, 0.25) is 0 Å². The number of hydrogen-bond acceptors (Lipinski definition) is 6. The summed E-state index contributed by atoms with van der Waals surface area (Å²) in [5.41, 5.74) is 4.30. The quantitative estimate of drug-likeness (QED) is 0.470. The van der Waals surface area contributed by atoms with Crippen LogP contribution in [0.4, 0.5) is 5.69 Å². The minimum Gasteiger partial charge on any atom is -0.321 e. The Kier molecular flexibility index (Phi) is 4.53. The van der Waals surface area contributed by atoms with Crippen molar-refractivity contribution in [2.75, 3.05) is 5.32 Å². The molecule has 3 aromatic heterocycles. The summed E-state index contributed by atoms with van der Waals surface area (Å²) in [7, 11) is 0. The number of carbonyl (C=O) groups is 1. The Morgan fingerprint density at radius 2 is 1.73 bits per heavy atom. The highest BCUT2D eigenvalue weighted by Crippen LogP contribution is 2.26. The number of nitrogens with one attached hydrogen (secondary N) is 1. The zero-order valence-electron chi connectivity index (χ0n) is 16.0. The highest BCUT2D eigenvalue weighted by atomic mass is 32.1. The number of imidazole rings is 1. The van der Waals surface area contributed by atoms with E-state index < -0.39 is 0 Å². The van der Waals surface area contributed by atoms with E-state index >= 15 is 0 Å². The van der Waals surface area contributed by atoms with Crippen molar-refractivity contribution in [1.82, 2.24) is 24.5 Å². The molecule has 146 valence electrons. The van der Waals surface area contributed by atoms with Gasteiger partial charge in [-0.2, -0.15) is 0 Å². The van der Waals surface area contributed by atoms with Gasteiger partial charge >= 0.3 is 0 Å². The van der Waals surface area contributed by atoms with Gasteiger partial charge in [-0.05, 0) is 49.4 Å². The fourth-order valence-corrected chi connectivity index (χ4v) is 4.08. The van der Waals surface area contributed by atoms with Crippen LogP contribution >= 0.6 is 11.3 Å². The Labute approximate surface area is 176 Å². The van der Waals surface area contributed by atoms with Crippen molar-refractivity contribution in [2.45, 2.75) is 6.92 Å². The van der Waals surface area contributed by atoms with Crippen molar-refractivity contribution >= 4 is 34.0 Å². The first-order chi connectivity index (χ1) is 14.7. The third kappa shape index (κ3) is 3.33. The van der Waals surface area contributed by atoms with Gasteiger partial charge in [0, 0.05) is 23.8 Å². The molecule has 8 heteroatoms. The third-order valence-corrected chi connectivity index (χ3v) is 5.77. The van der Waals surface area contributed by atoms with E-state index in [-0.39, 0.29) is 5.91 Å². The SMILES string of the molecule is Cc1nc(-c2ncccn2)sc1C(=O)Nc1ccc(-n2cnc3ccccc32)cc1. The first-order valence-corrected chi connectivity index (χ1v) is 10.1. The fraction of sp³-hybridized carbons (Fsp3) is 0.0455. The summed E-state index contributed by atoms with van der Waals surface area (Å²) in [6.07, 6.45) is 5.11. The summed E-state index contributed by atoms with van der Waals surface area (Å²) in [6.45, 7) is 1.81. The molecule has 1 amide bonds. The molecule has 3 heterocycles. The molecule has 0 unspecified atom stereocenters. The molecule has 0 atom stereocenters. The number of amides is 1.